The summed E-state index contributed by atoms with van der Waals surface area (Å²) in [5.41, 5.74) is 0.817. The van der Waals surface area contributed by atoms with Gasteiger partial charge >= 0.3 is 0 Å². The Kier molecular flexibility index (Phi) is 6.03. The molecule has 3 nitrogen and oxygen atoms in total. The van der Waals surface area contributed by atoms with Crippen molar-refractivity contribution in [2.75, 3.05) is 19.6 Å². The van der Waals surface area contributed by atoms with Crippen LogP contribution < -0.4 is 0 Å². The van der Waals surface area contributed by atoms with Crippen molar-refractivity contribution in [1.29, 1.82) is 5.26 Å². The average Bonchev–Trinajstić information content (AvgIpc) is 2.37. The van der Waals surface area contributed by atoms with Gasteiger partial charge in [-0.05, 0) is 24.2 Å². The third-order valence-corrected chi connectivity index (χ3v) is 2.70. The molecule has 0 aliphatic heterocycles. The summed E-state index contributed by atoms with van der Waals surface area (Å²) in [6.07, 6.45) is 0.737. The summed E-state index contributed by atoms with van der Waals surface area (Å²) >= 11 is 0. The topological polar surface area (TPSA) is 44.1 Å². The molecule has 0 aliphatic carbocycles. The molecule has 0 radical (unpaired) electrons. The summed E-state index contributed by atoms with van der Waals surface area (Å²) in [5, 5.41) is 8.51. The van der Waals surface area contributed by atoms with Crippen LogP contribution in [-0.2, 0) is 11.2 Å². The van der Waals surface area contributed by atoms with Gasteiger partial charge in [0.05, 0.1) is 12.6 Å². The number of carbonyl (C=O) groups excluding carboxylic acids is 1. The molecule has 0 saturated carbocycles. The van der Waals surface area contributed by atoms with Crippen molar-refractivity contribution in [3.05, 3.63) is 35.6 Å². The van der Waals surface area contributed by atoms with Crippen molar-refractivity contribution in [1.82, 2.24) is 4.90 Å². The highest BCUT2D eigenvalue weighted by molar-refractivity contribution is 5.82. The van der Waals surface area contributed by atoms with E-state index < -0.39 is 0 Å². The minimum absolute atomic E-state index is 0.0846. The predicted molar refractivity (Wildman–Crippen MR) is 67.5 cm³/mol. The second-order valence-electron chi connectivity index (χ2n) is 4.12. The molecule has 0 aromatic heterocycles. The molecule has 96 valence electrons. The maximum Gasteiger partial charge on any atom is 0.151 e. The van der Waals surface area contributed by atoms with Crippen LogP contribution in [0.5, 0.6) is 0 Å². The molecule has 0 N–H and O–H groups in total. The van der Waals surface area contributed by atoms with Crippen molar-refractivity contribution in [2.45, 2.75) is 19.8 Å². The summed E-state index contributed by atoms with van der Waals surface area (Å²) < 4.78 is 12.7. The largest absolute Gasteiger partial charge is 0.298 e. The minimum atomic E-state index is -0.296. The standard InChI is InChI=1S/C14H17FN2O/c1-2-17(9-3-8-16)11-14(18)10-12-4-6-13(15)7-5-12/h4-7H,2-3,9-11H2,1H3. The van der Waals surface area contributed by atoms with E-state index in [1.54, 1.807) is 12.1 Å². The van der Waals surface area contributed by atoms with E-state index in [1.165, 1.54) is 12.1 Å². The third-order valence-electron chi connectivity index (χ3n) is 2.70. The van der Waals surface area contributed by atoms with E-state index in [0.29, 0.717) is 25.9 Å². The van der Waals surface area contributed by atoms with E-state index in [0.717, 1.165) is 12.1 Å². The molecule has 4 heteroatoms. The first-order chi connectivity index (χ1) is 8.65. The van der Waals surface area contributed by atoms with Gasteiger partial charge in [0.15, 0.2) is 5.78 Å². The summed E-state index contributed by atoms with van der Waals surface area (Å²) in [6.45, 7) is 3.66. The second kappa shape index (κ2) is 7.57. The van der Waals surface area contributed by atoms with E-state index in [1.807, 2.05) is 11.8 Å². The van der Waals surface area contributed by atoms with Crippen LogP contribution in [0, 0.1) is 17.1 Å². The first-order valence-electron chi connectivity index (χ1n) is 6.01. The van der Waals surface area contributed by atoms with Crippen molar-refractivity contribution >= 4 is 5.78 Å². The molecule has 0 heterocycles. The lowest BCUT2D eigenvalue weighted by Crippen LogP contribution is -2.31. The van der Waals surface area contributed by atoms with Crippen LogP contribution in [0.4, 0.5) is 4.39 Å². The lowest BCUT2D eigenvalue weighted by atomic mass is 10.1. The third kappa shape index (κ3) is 5.07. The monoisotopic (exact) mass is 248 g/mol. The van der Waals surface area contributed by atoms with Crippen molar-refractivity contribution in [2.24, 2.45) is 0 Å². The Morgan fingerprint density at radius 3 is 2.61 bits per heavy atom. The molecule has 1 aromatic carbocycles. The van der Waals surface area contributed by atoms with Gasteiger partial charge in [-0.25, -0.2) is 4.39 Å². The maximum absolute atomic E-state index is 12.7. The molecule has 0 saturated heterocycles. The zero-order chi connectivity index (χ0) is 13.4. The fraction of sp³-hybridized carbons (Fsp3) is 0.429. The SMILES string of the molecule is CCN(CCC#N)CC(=O)Cc1ccc(F)cc1. The van der Waals surface area contributed by atoms with E-state index in [-0.39, 0.29) is 11.6 Å². The highest BCUT2D eigenvalue weighted by atomic mass is 19.1. The van der Waals surface area contributed by atoms with Gasteiger partial charge in [0.2, 0.25) is 0 Å². The minimum Gasteiger partial charge on any atom is -0.298 e. The fourth-order valence-corrected chi connectivity index (χ4v) is 1.69. The lowest BCUT2D eigenvalue weighted by Gasteiger charge is -2.17. The normalized spacial score (nSPS) is 10.3. The molecule has 0 unspecified atom stereocenters. The van der Waals surface area contributed by atoms with Crippen molar-refractivity contribution in [3.63, 3.8) is 0 Å². The van der Waals surface area contributed by atoms with Gasteiger partial charge in [0.25, 0.3) is 0 Å². The number of nitrogens with zero attached hydrogens (tertiary/aromatic N) is 2. The number of hydrogen-bond acceptors (Lipinski definition) is 3. The molecular formula is C14H17FN2O. The first kappa shape index (κ1) is 14.3. The van der Waals surface area contributed by atoms with Gasteiger partial charge in [-0.3, -0.25) is 9.69 Å². The number of ketones is 1. The number of halogens is 1. The molecule has 0 atom stereocenters. The maximum atomic E-state index is 12.7. The first-order valence-corrected chi connectivity index (χ1v) is 6.01. The molecule has 0 spiro atoms. The van der Waals surface area contributed by atoms with Crippen LogP contribution in [-0.4, -0.2) is 30.3 Å². The van der Waals surface area contributed by atoms with Gasteiger partial charge in [0.1, 0.15) is 5.82 Å². The highest BCUT2D eigenvalue weighted by Gasteiger charge is 2.09. The van der Waals surface area contributed by atoms with Crippen molar-refractivity contribution in [3.8, 4) is 6.07 Å². The number of likely N-dealkylation sites (N-methyl/N-ethyl adjacent to an activating group) is 1. The molecular weight excluding hydrogens is 231 g/mol. The number of Topliss-reactive ketones (excluding diaryl/α,β-unsaturated/α-hetero) is 1. The number of carbonyl (C=O) groups is 1. The lowest BCUT2D eigenvalue weighted by molar-refractivity contribution is -0.119. The number of hydrogen-bond donors (Lipinski definition) is 0. The van der Waals surface area contributed by atoms with Crippen LogP contribution in [0.3, 0.4) is 0 Å². The summed E-state index contributed by atoms with van der Waals surface area (Å²) in [6, 6.07) is 8.03. The van der Waals surface area contributed by atoms with Crippen LogP contribution in [0.1, 0.15) is 18.9 Å². The zero-order valence-corrected chi connectivity index (χ0v) is 10.5. The molecule has 0 amide bonds. The number of nitriles is 1. The summed E-state index contributed by atoms with van der Waals surface area (Å²) in [7, 11) is 0. The Morgan fingerprint density at radius 2 is 2.06 bits per heavy atom. The Labute approximate surface area is 107 Å². The van der Waals surface area contributed by atoms with E-state index in [9.17, 15) is 9.18 Å². The van der Waals surface area contributed by atoms with Gasteiger partial charge in [0, 0.05) is 19.4 Å². The Hall–Kier alpha value is -1.73. The van der Waals surface area contributed by atoms with E-state index >= 15 is 0 Å². The Bertz CT molecular complexity index is 422. The summed E-state index contributed by atoms with van der Waals surface area (Å²) in [4.78, 5) is 13.8. The average molecular weight is 248 g/mol. The van der Waals surface area contributed by atoms with Gasteiger partial charge in [-0.15, -0.1) is 0 Å². The van der Waals surface area contributed by atoms with Crippen molar-refractivity contribution < 1.29 is 9.18 Å². The smallest absolute Gasteiger partial charge is 0.151 e. The predicted octanol–water partition coefficient (Wildman–Crippen LogP) is 2.17. The number of benzene rings is 1. The number of rotatable bonds is 7. The Morgan fingerprint density at radius 1 is 1.39 bits per heavy atom. The van der Waals surface area contributed by atoms with Gasteiger partial charge in [-0.1, -0.05) is 19.1 Å². The molecule has 1 rings (SSSR count). The van der Waals surface area contributed by atoms with Crippen LogP contribution >= 0.6 is 0 Å². The Balaban J connectivity index is 2.45. The molecule has 18 heavy (non-hydrogen) atoms. The molecule has 1 aromatic rings. The molecule has 0 aliphatic rings. The van der Waals surface area contributed by atoms with Gasteiger partial charge in [-0.2, -0.15) is 5.26 Å². The molecule has 0 fully saturated rings. The zero-order valence-electron chi connectivity index (χ0n) is 10.5. The van der Waals surface area contributed by atoms with Crippen LogP contribution in [0.15, 0.2) is 24.3 Å². The summed E-state index contributed by atoms with van der Waals surface area (Å²) in [5.74, 6) is -0.211. The second-order valence-corrected chi connectivity index (χ2v) is 4.12. The fourth-order valence-electron chi connectivity index (χ4n) is 1.69. The highest BCUT2D eigenvalue weighted by Crippen LogP contribution is 2.04. The van der Waals surface area contributed by atoms with Crippen LogP contribution in [0.2, 0.25) is 0 Å². The van der Waals surface area contributed by atoms with Gasteiger partial charge < -0.3 is 0 Å². The van der Waals surface area contributed by atoms with Crippen LogP contribution in [0.25, 0.3) is 0 Å². The molecule has 0 bridgehead atoms. The quantitative estimate of drug-likeness (QED) is 0.742. The van der Waals surface area contributed by atoms with E-state index in [4.69, 9.17) is 5.26 Å². The van der Waals surface area contributed by atoms with E-state index in [2.05, 4.69) is 6.07 Å².